The third-order valence-electron chi connectivity index (χ3n) is 3.82. The summed E-state index contributed by atoms with van der Waals surface area (Å²) in [6.45, 7) is 2.06. The summed E-state index contributed by atoms with van der Waals surface area (Å²) in [5, 5.41) is 5.90. The lowest BCUT2D eigenvalue weighted by atomic mass is 10.2. The molecule has 1 amide bonds. The fourth-order valence-electron chi connectivity index (χ4n) is 2.41. The molecule has 1 unspecified atom stereocenters. The molecule has 3 rings (SSSR count). The first-order valence-corrected chi connectivity index (χ1v) is 9.68. The van der Waals surface area contributed by atoms with Crippen LogP contribution in [0.2, 0.25) is 5.02 Å². The number of thiazole rings is 1. The fraction of sp³-hybridized carbons (Fsp3) is 0.200. The molecule has 0 aliphatic rings. The standard InChI is InChI=1S/C20H18ClFN2O2S/c1-13(26-18-8-7-15(22)11-17(18)21)19(25)23-10-9-16-12-27-20(24-16)14-5-3-2-4-6-14/h2-8,11-13H,9-10H2,1H3,(H,23,25). The molecule has 0 bridgehead atoms. The van der Waals surface area contributed by atoms with Crippen LogP contribution in [0, 0.1) is 5.82 Å². The SMILES string of the molecule is CC(Oc1ccc(F)cc1Cl)C(=O)NCCc1csc(-c2ccccc2)n1. The van der Waals surface area contributed by atoms with Gasteiger partial charge in [0.25, 0.3) is 5.91 Å². The number of nitrogens with zero attached hydrogens (tertiary/aromatic N) is 1. The molecule has 0 spiro atoms. The van der Waals surface area contributed by atoms with Gasteiger partial charge in [-0.15, -0.1) is 11.3 Å². The van der Waals surface area contributed by atoms with Gasteiger partial charge in [0, 0.05) is 23.9 Å². The van der Waals surface area contributed by atoms with Crippen molar-refractivity contribution in [2.24, 2.45) is 0 Å². The predicted octanol–water partition coefficient (Wildman–Crippen LogP) is 4.73. The highest BCUT2D eigenvalue weighted by Gasteiger charge is 2.16. The molecule has 0 saturated heterocycles. The van der Waals surface area contributed by atoms with Crippen LogP contribution in [0.5, 0.6) is 5.75 Å². The smallest absolute Gasteiger partial charge is 0.260 e. The highest BCUT2D eigenvalue weighted by molar-refractivity contribution is 7.13. The van der Waals surface area contributed by atoms with Gasteiger partial charge in [-0.3, -0.25) is 4.79 Å². The first-order chi connectivity index (χ1) is 13.0. The van der Waals surface area contributed by atoms with E-state index in [1.54, 1.807) is 18.3 Å². The summed E-state index contributed by atoms with van der Waals surface area (Å²) in [6.07, 6.45) is -0.123. The molecular weight excluding hydrogens is 387 g/mol. The Morgan fingerprint density at radius 3 is 2.81 bits per heavy atom. The Morgan fingerprint density at radius 1 is 1.30 bits per heavy atom. The monoisotopic (exact) mass is 404 g/mol. The minimum atomic E-state index is -0.747. The van der Waals surface area contributed by atoms with E-state index in [1.165, 1.54) is 12.1 Å². The number of carbonyl (C=O) groups is 1. The Morgan fingerprint density at radius 2 is 2.07 bits per heavy atom. The molecule has 2 aromatic carbocycles. The van der Waals surface area contributed by atoms with Crippen LogP contribution in [0.15, 0.2) is 53.9 Å². The second-order valence-electron chi connectivity index (χ2n) is 5.89. The molecule has 0 radical (unpaired) electrons. The normalized spacial score (nSPS) is 11.8. The van der Waals surface area contributed by atoms with Crippen LogP contribution in [0.25, 0.3) is 10.6 Å². The molecule has 3 aromatic rings. The molecule has 1 atom stereocenters. The second kappa shape index (κ2) is 8.97. The number of ether oxygens (including phenoxy) is 1. The molecule has 0 aliphatic carbocycles. The topological polar surface area (TPSA) is 51.2 Å². The number of hydrogen-bond acceptors (Lipinski definition) is 4. The number of aromatic nitrogens is 1. The van der Waals surface area contributed by atoms with E-state index in [2.05, 4.69) is 10.3 Å². The second-order valence-corrected chi connectivity index (χ2v) is 7.15. The van der Waals surface area contributed by atoms with Crippen molar-refractivity contribution in [1.82, 2.24) is 10.3 Å². The van der Waals surface area contributed by atoms with E-state index < -0.39 is 11.9 Å². The van der Waals surface area contributed by atoms with Gasteiger partial charge in [-0.1, -0.05) is 41.9 Å². The number of carbonyl (C=O) groups excluding carboxylic acids is 1. The average Bonchev–Trinajstić information content (AvgIpc) is 3.13. The number of nitrogens with one attached hydrogen (secondary N) is 1. The predicted molar refractivity (Wildman–Crippen MR) is 106 cm³/mol. The first kappa shape index (κ1) is 19.3. The Hall–Kier alpha value is -2.44. The van der Waals surface area contributed by atoms with Crippen molar-refractivity contribution in [2.45, 2.75) is 19.4 Å². The van der Waals surface area contributed by atoms with Crippen LogP contribution < -0.4 is 10.1 Å². The Labute approximate surface area is 166 Å². The molecule has 0 aliphatic heterocycles. The van der Waals surface area contributed by atoms with Crippen molar-refractivity contribution in [2.75, 3.05) is 6.54 Å². The van der Waals surface area contributed by atoms with Crippen molar-refractivity contribution in [3.8, 4) is 16.3 Å². The van der Waals surface area contributed by atoms with Crippen molar-refractivity contribution in [3.05, 3.63) is 70.4 Å². The maximum absolute atomic E-state index is 13.1. The highest BCUT2D eigenvalue weighted by atomic mass is 35.5. The molecular formula is C20H18ClFN2O2S. The molecule has 1 aromatic heterocycles. The van der Waals surface area contributed by atoms with Gasteiger partial charge in [-0.25, -0.2) is 9.37 Å². The number of benzene rings is 2. The number of rotatable bonds is 7. The van der Waals surface area contributed by atoms with Crippen LogP contribution in [0.1, 0.15) is 12.6 Å². The maximum atomic E-state index is 13.1. The van der Waals surface area contributed by atoms with E-state index >= 15 is 0 Å². The molecule has 7 heteroatoms. The number of halogens is 2. The summed E-state index contributed by atoms with van der Waals surface area (Å²) in [5.74, 6) is -0.454. The zero-order valence-corrected chi connectivity index (χ0v) is 16.2. The Kier molecular flexibility index (Phi) is 6.42. The minimum Gasteiger partial charge on any atom is -0.479 e. The third-order valence-corrected chi connectivity index (χ3v) is 5.06. The summed E-state index contributed by atoms with van der Waals surface area (Å²) in [6, 6.07) is 13.7. The summed E-state index contributed by atoms with van der Waals surface area (Å²) in [4.78, 5) is 16.8. The van der Waals surface area contributed by atoms with Crippen LogP contribution in [0.3, 0.4) is 0 Å². The Balaban J connectivity index is 1.48. The van der Waals surface area contributed by atoms with Crippen molar-refractivity contribution in [3.63, 3.8) is 0 Å². The van der Waals surface area contributed by atoms with E-state index in [9.17, 15) is 9.18 Å². The maximum Gasteiger partial charge on any atom is 0.260 e. The zero-order chi connectivity index (χ0) is 19.2. The van der Waals surface area contributed by atoms with E-state index in [4.69, 9.17) is 16.3 Å². The van der Waals surface area contributed by atoms with Crippen molar-refractivity contribution in [1.29, 1.82) is 0 Å². The molecule has 4 nitrogen and oxygen atoms in total. The van der Waals surface area contributed by atoms with Crippen LogP contribution >= 0.6 is 22.9 Å². The third kappa shape index (κ3) is 5.28. The van der Waals surface area contributed by atoms with E-state index in [-0.39, 0.29) is 16.7 Å². The van der Waals surface area contributed by atoms with Crippen LogP contribution in [-0.2, 0) is 11.2 Å². The fourth-order valence-corrected chi connectivity index (χ4v) is 3.48. The van der Waals surface area contributed by atoms with Crippen molar-refractivity contribution >= 4 is 28.8 Å². The summed E-state index contributed by atoms with van der Waals surface area (Å²) < 4.78 is 18.6. The van der Waals surface area contributed by atoms with Gasteiger partial charge in [-0.05, 0) is 25.1 Å². The summed E-state index contributed by atoms with van der Waals surface area (Å²) in [7, 11) is 0. The lowest BCUT2D eigenvalue weighted by Crippen LogP contribution is -2.37. The van der Waals surface area contributed by atoms with Gasteiger partial charge in [-0.2, -0.15) is 0 Å². The van der Waals surface area contributed by atoms with Gasteiger partial charge in [0.15, 0.2) is 6.10 Å². The van der Waals surface area contributed by atoms with Crippen LogP contribution in [-0.4, -0.2) is 23.5 Å². The largest absolute Gasteiger partial charge is 0.479 e. The van der Waals surface area contributed by atoms with Crippen LogP contribution in [0.4, 0.5) is 4.39 Å². The van der Waals surface area contributed by atoms with Gasteiger partial charge < -0.3 is 10.1 Å². The number of amides is 1. The lowest BCUT2D eigenvalue weighted by Gasteiger charge is -2.15. The number of hydrogen-bond donors (Lipinski definition) is 1. The van der Waals surface area contributed by atoms with Gasteiger partial charge in [0.2, 0.25) is 0 Å². The van der Waals surface area contributed by atoms with E-state index in [0.29, 0.717) is 13.0 Å². The molecule has 1 heterocycles. The van der Waals surface area contributed by atoms with E-state index in [0.717, 1.165) is 22.3 Å². The molecule has 0 fully saturated rings. The van der Waals surface area contributed by atoms with Gasteiger partial charge >= 0.3 is 0 Å². The molecule has 27 heavy (non-hydrogen) atoms. The zero-order valence-electron chi connectivity index (χ0n) is 14.6. The molecule has 140 valence electrons. The summed E-state index contributed by atoms with van der Waals surface area (Å²) in [5.41, 5.74) is 2.00. The highest BCUT2D eigenvalue weighted by Crippen LogP contribution is 2.26. The van der Waals surface area contributed by atoms with E-state index in [1.807, 2.05) is 35.7 Å². The van der Waals surface area contributed by atoms with Gasteiger partial charge in [0.1, 0.15) is 16.6 Å². The summed E-state index contributed by atoms with van der Waals surface area (Å²) >= 11 is 7.49. The first-order valence-electron chi connectivity index (χ1n) is 8.42. The average molecular weight is 405 g/mol. The minimum absolute atomic E-state index is 0.130. The quantitative estimate of drug-likeness (QED) is 0.619. The Bertz CT molecular complexity index is 917. The van der Waals surface area contributed by atoms with Gasteiger partial charge in [0.05, 0.1) is 10.7 Å². The molecule has 0 saturated carbocycles. The van der Waals surface area contributed by atoms with Crippen molar-refractivity contribution < 1.29 is 13.9 Å². The lowest BCUT2D eigenvalue weighted by molar-refractivity contribution is -0.127. The molecule has 1 N–H and O–H groups in total.